The Morgan fingerprint density at radius 2 is 0.724 bits per heavy atom. The zero-order valence-electron chi connectivity index (χ0n) is 31.7. The van der Waals surface area contributed by atoms with Crippen LogP contribution in [0, 0.1) is 0 Å². The van der Waals surface area contributed by atoms with Crippen LogP contribution >= 0.6 is 0 Å². The average Bonchev–Trinajstić information content (AvgIpc) is 3.31. The number of nitrogens with zero attached hydrogens (tertiary/aromatic N) is 2. The normalized spacial score (nSPS) is 11.4. The number of benzene rings is 9. The minimum Gasteiger partial charge on any atom is -0.248 e. The fourth-order valence-corrected chi connectivity index (χ4v) is 8.61. The first-order valence-corrected chi connectivity index (χ1v) is 19.8. The summed E-state index contributed by atoms with van der Waals surface area (Å²) in [5.41, 5.74) is 14.1. The van der Waals surface area contributed by atoms with Crippen LogP contribution in [0.3, 0.4) is 0 Å². The summed E-state index contributed by atoms with van der Waals surface area (Å²) < 4.78 is 0. The molecule has 2 nitrogen and oxygen atoms in total. The Balaban J connectivity index is 1.14. The van der Waals surface area contributed by atoms with Gasteiger partial charge in [0.1, 0.15) is 0 Å². The smallest absolute Gasteiger partial charge is 0.0794 e. The highest BCUT2D eigenvalue weighted by Crippen LogP contribution is 2.43. The Bertz CT molecular complexity index is 3250. The number of hydrogen-bond donors (Lipinski definition) is 0. The molecule has 0 atom stereocenters. The molecular weight excluding hydrogens is 701 g/mol. The zero-order chi connectivity index (χ0) is 38.4. The summed E-state index contributed by atoms with van der Waals surface area (Å²) in [6.45, 7) is 0. The summed E-state index contributed by atoms with van der Waals surface area (Å²) in [6.07, 6.45) is 0. The monoisotopic (exact) mass is 736 g/mol. The van der Waals surface area contributed by atoms with E-state index in [9.17, 15) is 0 Å². The Kier molecular flexibility index (Phi) is 8.19. The van der Waals surface area contributed by atoms with Gasteiger partial charge >= 0.3 is 0 Å². The average molecular weight is 737 g/mol. The van der Waals surface area contributed by atoms with Crippen LogP contribution in [-0.2, 0) is 0 Å². The molecule has 11 rings (SSSR count). The summed E-state index contributed by atoms with van der Waals surface area (Å²) >= 11 is 0. The van der Waals surface area contributed by atoms with E-state index in [0.29, 0.717) is 0 Å². The van der Waals surface area contributed by atoms with E-state index >= 15 is 0 Å². The van der Waals surface area contributed by atoms with Crippen LogP contribution in [0.1, 0.15) is 0 Å². The van der Waals surface area contributed by atoms with Gasteiger partial charge in [0, 0.05) is 27.5 Å². The maximum Gasteiger partial charge on any atom is 0.0794 e. The van der Waals surface area contributed by atoms with Crippen LogP contribution in [0.2, 0.25) is 0 Å². The van der Waals surface area contributed by atoms with Crippen molar-refractivity contribution in [2.75, 3.05) is 0 Å². The highest BCUT2D eigenvalue weighted by molar-refractivity contribution is 6.18. The second-order valence-corrected chi connectivity index (χ2v) is 14.9. The minimum absolute atomic E-state index is 0.937. The van der Waals surface area contributed by atoms with Gasteiger partial charge in [-0.05, 0) is 84.6 Å². The lowest BCUT2D eigenvalue weighted by Gasteiger charge is -2.17. The predicted molar refractivity (Wildman–Crippen MR) is 245 cm³/mol. The van der Waals surface area contributed by atoms with E-state index in [1.54, 1.807) is 0 Å². The van der Waals surface area contributed by atoms with Gasteiger partial charge in [-0.15, -0.1) is 0 Å². The number of aromatic nitrogens is 2. The van der Waals surface area contributed by atoms with Gasteiger partial charge in [-0.3, -0.25) is 0 Å². The van der Waals surface area contributed by atoms with Crippen molar-refractivity contribution in [1.82, 2.24) is 9.97 Å². The van der Waals surface area contributed by atoms with Crippen LogP contribution < -0.4 is 0 Å². The third-order valence-corrected chi connectivity index (χ3v) is 11.5. The molecule has 0 bridgehead atoms. The standard InChI is InChI=1S/C56H36N2/c1-3-15-37(16-4-1)43-33-53(41-19-5-2-6-20-41)57-54(34-43)42-31-29-40(30-32-42)50-36-55(48-28-14-22-39-18-8-10-24-45(39)48)58-56-49-26-12-11-25-47(49)51(35-52(50)56)46-27-13-21-38-17-7-9-23-44(38)46/h1-36H. The van der Waals surface area contributed by atoms with Crippen LogP contribution in [0.15, 0.2) is 218 Å². The van der Waals surface area contributed by atoms with Crippen molar-refractivity contribution >= 4 is 43.2 Å². The molecule has 9 aromatic carbocycles. The van der Waals surface area contributed by atoms with Gasteiger partial charge in [0.2, 0.25) is 0 Å². The van der Waals surface area contributed by atoms with E-state index in [0.717, 1.165) is 66.8 Å². The van der Waals surface area contributed by atoms with E-state index in [1.807, 2.05) is 6.07 Å². The van der Waals surface area contributed by atoms with Crippen LogP contribution in [0.25, 0.3) is 110 Å². The maximum absolute atomic E-state index is 5.54. The van der Waals surface area contributed by atoms with E-state index in [-0.39, 0.29) is 0 Å². The van der Waals surface area contributed by atoms with Gasteiger partial charge in [0.25, 0.3) is 0 Å². The molecular formula is C56H36N2. The van der Waals surface area contributed by atoms with Gasteiger partial charge in [0.05, 0.1) is 22.6 Å². The van der Waals surface area contributed by atoms with E-state index < -0.39 is 0 Å². The minimum atomic E-state index is 0.937. The summed E-state index contributed by atoms with van der Waals surface area (Å²) in [5, 5.41) is 8.30. The van der Waals surface area contributed by atoms with Gasteiger partial charge in [-0.1, -0.05) is 194 Å². The SMILES string of the molecule is c1ccc(-c2cc(-c3ccccc3)nc(-c3ccc(-c4cc(-c5cccc6ccccc56)nc5c4cc(-c4cccc6ccccc46)c4ccccc45)cc3)c2)cc1. The fourth-order valence-electron chi connectivity index (χ4n) is 8.61. The van der Waals surface area contributed by atoms with Crippen molar-refractivity contribution in [1.29, 1.82) is 0 Å². The lowest BCUT2D eigenvalue weighted by atomic mass is 9.89. The van der Waals surface area contributed by atoms with Crippen molar-refractivity contribution in [3.8, 4) is 67.2 Å². The van der Waals surface area contributed by atoms with Gasteiger partial charge in [0.15, 0.2) is 0 Å². The van der Waals surface area contributed by atoms with Crippen molar-refractivity contribution in [2.24, 2.45) is 0 Å². The first kappa shape index (κ1) is 33.6. The molecule has 2 aromatic heterocycles. The molecule has 58 heavy (non-hydrogen) atoms. The van der Waals surface area contributed by atoms with Crippen molar-refractivity contribution in [2.45, 2.75) is 0 Å². The van der Waals surface area contributed by atoms with Gasteiger partial charge in [-0.25, -0.2) is 9.97 Å². The van der Waals surface area contributed by atoms with Crippen LogP contribution in [-0.4, -0.2) is 9.97 Å². The lowest BCUT2D eigenvalue weighted by Crippen LogP contribution is -1.94. The van der Waals surface area contributed by atoms with Gasteiger partial charge in [-0.2, -0.15) is 0 Å². The largest absolute Gasteiger partial charge is 0.248 e. The molecule has 0 radical (unpaired) electrons. The lowest BCUT2D eigenvalue weighted by molar-refractivity contribution is 1.32. The molecule has 0 fully saturated rings. The fraction of sp³-hybridized carbons (Fsp3) is 0. The first-order chi connectivity index (χ1) is 28.7. The molecule has 11 aromatic rings. The first-order valence-electron chi connectivity index (χ1n) is 19.8. The predicted octanol–water partition coefficient (Wildman–Crippen LogP) is 15.1. The summed E-state index contributed by atoms with van der Waals surface area (Å²) in [6, 6.07) is 78.2. The molecule has 0 amide bonds. The molecule has 2 heteroatoms. The zero-order valence-corrected chi connectivity index (χ0v) is 31.7. The second-order valence-electron chi connectivity index (χ2n) is 14.9. The highest BCUT2D eigenvalue weighted by atomic mass is 14.7. The summed E-state index contributed by atoms with van der Waals surface area (Å²) in [7, 11) is 0. The Labute approximate surface area is 337 Å². The molecule has 0 N–H and O–H groups in total. The second kappa shape index (κ2) is 14.1. The van der Waals surface area contributed by atoms with Gasteiger partial charge < -0.3 is 0 Å². The number of fused-ring (bicyclic) bond motifs is 5. The highest BCUT2D eigenvalue weighted by Gasteiger charge is 2.18. The Morgan fingerprint density at radius 3 is 1.40 bits per heavy atom. The van der Waals surface area contributed by atoms with E-state index in [1.165, 1.54) is 43.6 Å². The molecule has 0 spiro atoms. The quantitative estimate of drug-likeness (QED) is 0.159. The number of hydrogen-bond acceptors (Lipinski definition) is 2. The Morgan fingerprint density at radius 1 is 0.224 bits per heavy atom. The molecule has 2 heterocycles. The summed E-state index contributed by atoms with van der Waals surface area (Å²) in [4.78, 5) is 10.8. The Hall–Kier alpha value is -7.68. The molecule has 0 unspecified atom stereocenters. The van der Waals surface area contributed by atoms with Crippen LogP contribution in [0.4, 0.5) is 0 Å². The maximum atomic E-state index is 5.54. The van der Waals surface area contributed by atoms with E-state index in [2.05, 4.69) is 212 Å². The molecule has 0 saturated carbocycles. The van der Waals surface area contributed by atoms with Crippen molar-refractivity contribution < 1.29 is 0 Å². The molecule has 0 saturated heterocycles. The molecule has 0 aliphatic rings. The van der Waals surface area contributed by atoms with E-state index in [4.69, 9.17) is 9.97 Å². The molecule has 0 aliphatic carbocycles. The summed E-state index contributed by atoms with van der Waals surface area (Å²) in [5.74, 6) is 0. The third-order valence-electron chi connectivity index (χ3n) is 11.5. The molecule has 270 valence electrons. The topological polar surface area (TPSA) is 25.8 Å². The van der Waals surface area contributed by atoms with Crippen LogP contribution in [0.5, 0.6) is 0 Å². The van der Waals surface area contributed by atoms with Crippen molar-refractivity contribution in [3.05, 3.63) is 218 Å². The van der Waals surface area contributed by atoms with Crippen molar-refractivity contribution in [3.63, 3.8) is 0 Å². The number of pyridine rings is 2. The molecule has 0 aliphatic heterocycles. The third kappa shape index (κ3) is 5.91. The number of rotatable bonds is 6.